The number of hydrogen-bond acceptors (Lipinski definition) is 29. The minimum Gasteiger partial charge on any atom is -0.480 e. The number of primary amides is 2. The zero-order valence-corrected chi connectivity index (χ0v) is 78.3. The molecule has 0 radical (unpaired) electrons. The van der Waals surface area contributed by atoms with Crippen LogP contribution in [-0.4, -0.2) is 330 Å². The SMILES string of the molecule is CC(=O)NCN(CC(=O)N[C@@H](CCCNC(=N)N)C(=O)N[C@@H](CCCCN)C(=O)N[C@@H](CCCCN)C(=O)N[C@@H](CCCNC(=N)N)C(=O)N[C@@H](CCCNC(=N)N)C(=O)N[C@@H](CCC(N)=O)C(=O)N[C@@H](CCCNC(=N)N)C(=O)N[C@@H](CCCNC(=N)N)C(=O)N[C@@H](CCCNC(=N)N)C(=O)N1CCC[C@H]1C(=O)N1CCC[C@H]1C(=O)N[C@@H](CCC(N)=O)C(=O)C(S)C(=O)O)C(=O)[C@@H](N)CS. The standard InChI is InChI=1S/C78H143N37O19S2/c1-41(116)102-40-113(69(130)42(81)39-135)38-57(119)103-44(16-6-30-96-73(84)85)60(121)105-45(14-2-4-28-79)61(122)106-46(15-3-5-29-80)62(123)107-47(17-7-31-97-74(86)87)63(124)108-49(19-9-33-99-76(90)91)65(126)111-51(25-27-56(83)118)67(128)110-48(18-8-32-98-75(88)89)64(125)109-50(20-10-34-100-77(92)93)66(127)112-52(21-11-35-101-78(94)95)70(131)115-37-13-23-54(115)71(132)114-36-12-22-53(114)68(129)104-43(24-26-55(82)117)58(120)59(136)72(133)134/h42-54,59,135-136H,2-40,79-81H2,1H3,(H2,82,117)(H2,83,118)(H,102,116)(H,103,119)(H,104,129)(H,105,121)(H,106,122)(H,107,123)(H,108,124)(H,109,125)(H,110,128)(H,111,126)(H,112,127)(H,133,134)(H4,84,85,96)(H4,86,87,97)(H4,88,89,98)(H4,90,91,99)(H4,92,93,100)(H4,94,95,101)/t42-,43-,44-,45-,46-,47-,48-,49-,50-,51-,52-,53-,54-,59?/m0/s1. The van der Waals surface area contributed by atoms with E-state index >= 15 is 28.8 Å². The highest BCUT2D eigenvalue weighted by molar-refractivity contribution is 7.82. The largest absolute Gasteiger partial charge is 0.480 e. The van der Waals surface area contributed by atoms with E-state index in [1.165, 1.54) is 16.7 Å². The number of hydrogen-bond donors (Lipinski definition) is 37. The molecule has 136 heavy (non-hydrogen) atoms. The number of guanidine groups is 6. The molecule has 14 atom stereocenters. The van der Waals surface area contributed by atoms with Gasteiger partial charge in [-0.05, 0) is 167 Å². The zero-order chi connectivity index (χ0) is 102. The van der Waals surface area contributed by atoms with E-state index in [4.69, 9.17) is 95.5 Å². The molecule has 2 heterocycles. The Morgan fingerprint density at radius 2 is 0.684 bits per heavy atom. The van der Waals surface area contributed by atoms with Crippen LogP contribution in [0.2, 0.25) is 0 Å². The third-order valence-corrected chi connectivity index (χ3v) is 22.2. The van der Waals surface area contributed by atoms with Gasteiger partial charge in [-0.1, -0.05) is 0 Å². The fraction of sp³-hybridized carbons (Fsp3) is 0.692. The van der Waals surface area contributed by atoms with Gasteiger partial charge in [0.15, 0.2) is 46.8 Å². The second-order valence-electron chi connectivity index (χ2n) is 32.4. The lowest BCUT2D eigenvalue weighted by atomic mass is 10.0. The second kappa shape index (κ2) is 64.7. The van der Waals surface area contributed by atoms with Crippen LogP contribution in [0.1, 0.15) is 174 Å². The van der Waals surface area contributed by atoms with Crippen molar-refractivity contribution in [1.82, 2.24) is 105 Å². The minimum atomic E-state index is -1.91. The highest BCUT2D eigenvalue weighted by Gasteiger charge is 2.46. The summed E-state index contributed by atoms with van der Waals surface area (Å²) in [6, 6.07) is -19.8. The van der Waals surface area contributed by atoms with Gasteiger partial charge < -0.3 is 173 Å². The molecule has 0 aromatic carbocycles. The number of carbonyl (C=O) groups is 18. The van der Waals surface area contributed by atoms with Crippen LogP contribution in [0.5, 0.6) is 0 Å². The van der Waals surface area contributed by atoms with Gasteiger partial charge in [0.25, 0.3) is 0 Å². The van der Waals surface area contributed by atoms with E-state index in [0.29, 0.717) is 12.8 Å². The number of nitrogens with zero attached hydrogens (tertiary/aromatic N) is 3. The van der Waals surface area contributed by atoms with Crippen molar-refractivity contribution >= 4 is 167 Å². The Morgan fingerprint density at radius 1 is 0.390 bits per heavy atom. The quantitative estimate of drug-likeness (QED) is 0.00671. The molecule has 2 saturated heterocycles. The smallest absolute Gasteiger partial charge is 0.324 e. The minimum absolute atomic E-state index is 0.0119. The van der Waals surface area contributed by atoms with Gasteiger partial charge in [-0.25, -0.2) is 0 Å². The number of likely N-dealkylation sites (tertiary alicyclic amines) is 2. The van der Waals surface area contributed by atoms with Crippen LogP contribution in [0.4, 0.5) is 0 Å². The van der Waals surface area contributed by atoms with Gasteiger partial charge in [0.2, 0.25) is 94.5 Å². The summed E-state index contributed by atoms with van der Waals surface area (Å²) >= 11 is 7.92. The summed E-state index contributed by atoms with van der Waals surface area (Å²) in [5.74, 6) is -20.5. The van der Waals surface area contributed by atoms with Crippen molar-refractivity contribution in [3.63, 3.8) is 0 Å². The topological polar surface area (TPSA) is 971 Å². The van der Waals surface area contributed by atoms with Crippen molar-refractivity contribution in [1.29, 1.82) is 32.5 Å². The average Bonchev–Trinajstić information content (AvgIpc) is 1.64. The molecule has 0 spiro atoms. The number of amides is 16. The first kappa shape index (κ1) is 119. The Morgan fingerprint density at radius 3 is 0.993 bits per heavy atom. The van der Waals surface area contributed by atoms with Crippen molar-refractivity contribution < 1.29 is 91.4 Å². The van der Waals surface area contributed by atoms with Crippen molar-refractivity contribution in [3.05, 3.63) is 0 Å². The van der Waals surface area contributed by atoms with Crippen molar-refractivity contribution in [3.8, 4) is 0 Å². The van der Waals surface area contributed by atoms with E-state index in [9.17, 15) is 62.6 Å². The third kappa shape index (κ3) is 47.2. The summed E-state index contributed by atoms with van der Waals surface area (Å²) in [6.45, 7) is -0.181. The molecule has 58 heteroatoms. The molecule has 0 aromatic heterocycles. The van der Waals surface area contributed by atoms with Crippen LogP contribution >= 0.6 is 25.3 Å². The van der Waals surface area contributed by atoms with Crippen molar-refractivity contribution in [2.24, 2.45) is 63.1 Å². The monoisotopic (exact) mass is 1970 g/mol. The van der Waals surface area contributed by atoms with E-state index < -0.39 is 265 Å². The Kier molecular flexibility index (Phi) is 56.6. The zero-order valence-electron chi connectivity index (χ0n) is 76.5. The molecule has 2 aliphatic heterocycles. The molecule has 0 aromatic rings. The van der Waals surface area contributed by atoms with Crippen LogP contribution in [0.3, 0.4) is 0 Å². The lowest BCUT2D eigenvalue weighted by molar-refractivity contribution is -0.148. The number of Topliss-reactive ketones (excluding diaryl/α,β-unsaturated/α-hetero) is 1. The number of aliphatic carboxylic acids is 1. The Labute approximate surface area is 797 Å². The van der Waals surface area contributed by atoms with Crippen molar-refractivity contribution in [2.75, 3.05) is 84.4 Å². The summed E-state index contributed by atoms with van der Waals surface area (Å²) in [7, 11) is 0. The molecule has 0 aliphatic carbocycles. The molecule has 46 N–H and O–H groups in total. The summed E-state index contributed by atoms with van der Waals surface area (Å²) in [6.07, 6.45) is -2.39. The Bertz CT molecular complexity index is 4100. The van der Waals surface area contributed by atoms with Crippen molar-refractivity contribution in [2.45, 2.75) is 258 Å². The summed E-state index contributed by atoms with van der Waals surface area (Å²) in [5.41, 5.74) is 62.1. The number of nitrogens with two attached hydrogens (primary N) is 11. The van der Waals surface area contributed by atoms with E-state index in [0.717, 1.165) is 4.90 Å². The van der Waals surface area contributed by atoms with Crippen LogP contribution in [0.15, 0.2) is 0 Å². The van der Waals surface area contributed by atoms with E-state index in [1.54, 1.807) is 0 Å². The molecule has 1 unspecified atom stereocenters. The number of carboxylic acid groups (broad SMARTS) is 1. The first-order valence-electron chi connectivity index (χ1n) is 44.7. The van der Waals surface area contributed by atoms with Gasteiger partial charge in [0.1, 0.15) is 73.0 Å². The van der Waals surface area contributed by atoms with Gasteiger partial charge >= 0.3 is 5.97 Å². The number of unbranched alkanes of at least 4 members (excludes halogenated alkanes) is 2. The van der Waals surface area contributed by atoms with Gasteiger partial charge in [-0.3, -0.25) is 119 Å². The molecule has 2 aliphatic rings. The first-order valence-corrected chi connectivity index (χ1v) is 45.8. The van der Waals surface area contributed by atoms with Gasteiger partial charge in [0.05, 0.1) is 18.8 Å². The molecule has 0 bridgehead atoms. The van der Waals surface area contributed by atoms with E-state index in [2.05, 4.69) is 116 Å². The number of rotatable bonds is 68. The molecule has 16 amide bonds. The number of carboxylic acids is 1. The number of thiol groups is 2. The van der Waals surface area contributed by atoms with Crippen LogP contribution in [0, 0.1) is 32.5 Å². The number of nitrogens with one attached hydrogen (secondary N) is 23. The maximum atomic E-state index is 15.1. The normalized spacial score (nSPS) is 15.8. The van der Waals surface area contributed by atoms with Gasteiger partial charge in [0, 0.05) is 77.9 Å². The number of carbonyl (C=O) groups excluding carboxylic acids is 17. The highest BCUT2D eigenvalue weighted by atomic mass is 32.1. The maximum Gasteiger partial charge on any atom is 0.324 e. The third-order valence-electron chi connectivity index (χ3n) is 21.4. The fourth-order valence-electron chi connectivity index (χ4n) is 14.3. The molecular formula is C78H143N37O19S2. The molecule has 2 fully saturated rings. The molecule has 2 rings (SSSR count). The summed E-state index contributed by atoms with van der Waals surface area (Å²) < 4.78 is 0. The van der Waals surface area contributed by atoms with E-state index in [1.807, 2.05) is 0 Å². The van der Waals surface area contributed by atoms with Crippen LogP contribution < -0.4 is 153 Å². The summed E-state index contributed by atoms with van der Waals surface area (Å²) in [5, 5.41) is 98.0. The van der Waals surface area contributed by atoms with Crippen LogP contribution in [0.25, 0.3) is 0 Å². The predicted molar refractivity (Wildman–Crippen MR) is 504 cm³/mol. The van der Waals surface area contributed by atoms with E-state index in [-0.39, 0.29) is 200 Å². The maximum absolute atomic E-state index is 15.1. The molecule has 0 saturated carbocycles. The molecular weight excluding hydrogens is 1820 g/mol. The molecule has 766 valence electrons. The second-order valence-corrected chi connectivity index (χ2v) is 33.3. The predicted octanol–water partition coefficient (Wildman–Crippen LogP) is -12.7. The van der Waals surface area contributed by atoms with Gasteiger partial charge in [-0.15, -0.1) is 0 Å². The average molecular weight is 1970 g/mol. The Hall–Kier alpha value is -13.1. The first-order chi connectivity index (χ1) is 64.3. The van der Waals surface area contributed by atoms with Gasteiger partial charge in [-0.2, -0.15) is 25.3 Å². The lowest BCUT2D eigenvalue weighted by Crippen LogP contribution is -2.61. The molecule has 56 nitrogen and oxygen atoms in total. The van der Waals surface area contributed by atoms with Crippen LogP contribution in [-0.2, 0) is 86.3 Å². The Balaban J connectivity index is 2.80. The fourth-order valence-corrected chi connectivity index (χ4v) is 14.6. The lowest BCUT2D eigenvalue weighted by Gasteiger charge is -2.34. The highest BCUT2D eigenvalue weighted by Crippen LogP contribution is 2.27. The summed E-state index contributed by atoms with van der Waals surface area (Å²) in [4.78, 5) is 255. The number of ketones is 1.